The van der Waals surface area contributed by atoms with Gasteiger partial charge in [0.1, 0.15) is 18.0 Å². The molecule has 8 nitrogen and oxygen atoms in total. The molecule has 0 unspecified atom stereocenters. The Labute approximate surface area is 227 Å². The number of nitrogens with one attached hydrogen (secondary N) is 2. The molecule has 2 heterocycles. The van der Waals surface area contributed by atoms with Crippen molar-refractivity contribution in [1.29, 1.82) is 0 Å². The van der Waals surface area contributed by atoms with Gasteiger partial charge in [0.15, 0.2) is 11.5 Å². The number of carbonyl (C=O) groups is 1. The number of piperidine rings is 1. The highest BCUT2D eigenvalue weighted by Crippen LogP contribution is 2.36. The monoisotopic (exact) mass is 529 g/mol. The lowest BCUT2D eigenvalue weighted by atomic mass is 9.98. The lowest BCUT2D eigenvalue weighted by Crippen LogP contribution is -2.32. The number of carbonyl (C=O) groups excluding carboxylic acids is 1. The van der Waals surface area contributed by atoms with Gasteiger partial charge in [0, 0.05) is 22.7 Å². The van der Waals surface area contributed by atoms with Gasteiger partial charge in [-0.25, -0.2) is 14.4 Å². The third-order valence-corrected chi connectivity index (χ3v) is 6.99. The summed E-state index contributed by atoms with van der Waals surface area (Å²) in [5.41, 5.74) is 2.69. The largest absolute Gasteiger partial charge is 0.493 e. The third kappa shape index (κ3) is 6.26. The van der Waals surface area contributed by atoms with Crippen LogP contribution in [0.2, 0.25) is 0 Å². The van der Waals surface area contributed by atoms with E-state index < -0.39 is 5.82 Å². The number of ether oxygens (including phenoxy) is 2. The summed E-state index contributed by atoms with van der Waals surface area (Å²) in [6.07, 6.45) is 3.62. The number of methoxy groups -OCH3 is 1. The molecule has 5 rings (SSSR count). The second kappa shape index (κ2) is 11.7. The summed E-state index contributed by atoms with van der Waals surface area (Å²) in [4.78, 5) is 23.6. The van der Waals surface area contributed by atoms with Gasteiger partial charge in [-0.3, -0.25) is 4.79 Å². The molecule has 1 saturated heterocycles. The van der Waals surface area contributed by atoms with Crippen LogP contribution < -0.4 is 20.1 Å². The molecule has 9 heteroatoms. The first-order valence-electron chi connectivity index (χ1n) is 13.0. The average Bonchev–Trinajstić information content (AvgIpc) is 2.94. The van der Waals surface area contributed by atoms with E-state index in [9.17, 15) is 4.79 Å². The van der Waals surface area contributed by atoms with Crippen molar-refractivity contribution in [3.63, 3.8) is 0 Å². The Bertz CT molecular complexity index is 1490. The summed E-state index contributed by atoms with van der Waals surface area (Å²) in [6.45, 7) is 4.67. The maximum Gasteiger partial charge on any atom is 0.255 e. The number of likely N-dealkylation sites (tertiary alicyclic amines) is 1. The van der Waals surface area contributed by atoms with Crippen LogP contribution in [0.4, 0.5) is 21.6 Å². The number of fused-ring (bicyclic) bond motifs is 1. The predicted octanol–water partition coefficient (Wildman–Crippen LogP) is 5.80. The Balaban J connectivity index is 1.32. The zero-order chi connectivity index (χ0) is 27.4. The van der Waals surface area contributed by atoms with E-state index in [4.69, 9.17) is 9.47 Å². The van der Waals surface area contributed by atoms with Gasteiger partial charge in [-0.1, -0.05) is 17.7 Å². The summed E-state index contributed by atoms with van der Waals surface area (Å²) < 4.78 is 26.8. The number of aryl methyl sites for hydroxylation is 1. The van der Waals surface area contributed by atoms with Crippen molar-refractivity contribution in [2.45, 2.75) is 19.8 Å². The quantitative estimate of drug-likeness (QED) is 0.298. The number of hydrogen-bond donors (Lipinski definition) is 2. The van der Waals surface area contributed by atoms with Crippen LogP contribution >= 0.6 is 0 Å². The Hall–Kier alpha value is -4.24. The van der Waals surface area contributed by atoms with Crippen LogP contribution in [-0.4, -0.2) is 54.6 Å². The molecule has 39 heavy (non-hydrogen) atoms. The lowest BCUT2D eigenvalue weighted by molar-refractivity contribution is 0.102. The molecule has 0 spiro atoms. The van der Waals surface area contributed by atoms with E-state index in [-0.39, 0.29) is 11.6 Å². The lowest BCUT2D eigenvalue weighted by Gasteiger charge is -2.28. The minimum atomic E-state index is -0.533. The third-order valence-electron chi connectivity index (χ3n) is 6.99. The van der Waals surface area contributed by atoms with E-state index in [1.165, 1.54) is 12.4 Å². The van der Waals surface area contributed by atoms with Crippen LogP contribution in [-0.2, 0) is 0 Å². The summed E-state index contributed by atoms with van der Waals surface area (Å²) in [6, 6.07) is 15.3. The molecule has 0 radical (unpaired) electrons. The van der Waals surface area contributed by atoms with Crippen molar-refractivity contribution in [3.8, 4) is 11.5 Å². The zero-order valence-corrected chi connectivity index (χ0v) is 22.3. The van der Waals surface area contributed by atoms with Crippen LogP contribution in [0.25, 0.3) is 10.9 Å². The first-order valence-corrected chi connectivity index (χ1v) is 13.0. The van der Waals surface area contributed by atoms with Gasteiger partial charge in [0.05, 0.1) is 24.9 Å². The molecule has 1 amide bonds. The van der Waals surface area contributed by atoms with Gasteiger partial charge in [0.25, 0.3) is 5.91 Å². The Morgan fingerprint density at radius 3 is 2.64 bits per heavy atom. The second-order valence-corrected chi connectivity index (χ2v) is 9.94. The molecule has 3 aromatic carbocycles. The predicted molar refractivity (Wildman–Crippen MR) is 151 cm³/mol. The molecule has 1 aliphatic heterocycles. The molecule has 1 fully saturated rings. The van der Waals surface area contributed by atoms with E-state index in [1.807, 2.05) is 25.1 Å². The second-order valence-electron chi connectivity index (χ2n) is 9.94. The van der Waals surface area contributed by atoms with Crippen molar-refractivity contribution in [2.75, 3.05) is 44.5 Å². The van der Waals surface area contributed by atoms with Gasteiger partial charge in [-0.15, -0.1) is 0 Å². The number of anilines is 3. The fourth-order valence-electron chi connectivity index (χ4n) is 4.68. The van der Waals surface area contributed by atoms with Gasteiger partial charge in [-0.05, 0) is 82.2 Å². The molecule has 1 aromatic heterocycles. The molecule has 0 aliphatic carbocycles. The zero-order valence-electron chi connectivity index (χ0n) is 22.3. The number of benzene rings is 3. The summed E-state index contributed by atoms with van der Waals surface area (Å²) in [5.74, 6) is 1.26. The Morgan fingerprint density at radius 1 is 1.08 bits per heavy atom. The van der Waals surface area contributed by atoms with Gasteiger partial charge in [0.2, 0.25) is 0 Å². The Morgan fingerprint density at radius 2 is 1.90 bits per heavy atom. The highest BCUT2D eigenvalue weighted by molar-refractivity contribution is 6.04. The maximum atomic E-state index is 15.1. The van der Waals surface area contributed by atoms with Crippen LogP contribution in [0.5, 0.6) is 11.5 Å². The molecular weight excluding hydrogens is 497 g/mol. The van der Waals surface area contributed by atoms with Crippen molar-refractivity contribution in [3.05, 3.63) is 77.9 Å². The number of aromatic nitrogens is 2. The van der Waals surface area contributed by atoms with Gasteiger partial charge in [-0.2, -0.15) is 0 Å². The normalized spacial score (nSPS) is 14.3. The van der Waals surface area contributed by atoms with E-state index in [0.717, 1.165) is 31.5 Å². The minimum Gasteiger partial charge on any atom is -0.493 e. The summed E-state index contributed by atoms with van der Waals surface area (Å²) in [7, 11) is 3.73. The van der Waals surface area contributed by atoms with E-state index in [2.05, 4.69) is 32.5 Å². The first kappa shape index (κ1) is 26.4. The van der Waals surface area contributed by atoms with Crippen LogP contribution in [0, 0.1) is 18.7 Å². The topological polar surface area (TPSA) is 88.6 Å². The highest BCUT2D eigenvalue weighted by Gasteiger charge is 2.19. The average molecular weight is 530 g/mol. The van der Waals surface area contributed by atoms with Crippen molar-refractivity contribution in [1.82, 2.24) is 14.9 Å². The van der Waals surface area contributed by atoms with Crippen LogP contribution in [0.3, 0.4) is 0 Å². The number of rotatable bonds is 8. The number of hydrogen-bond acceptors (Lipinski definition) is 7. The highest BCUT2D eigenvalue weighted by atomic mass is 19.1. The molecule has 1 aliphatic rings. The number of halogens is 1. The molecular formula is C30H32FN5O3. The fourth-order valence-corrected chi connectivity index (χ4v) is 4.68. The van der Waals surface area contributed by atoms with Crippen molar-refractivity contribution in [2.24, 2.45) is 5.92 Å². The van der Waals surface area contributed by atoms with E-state index in [1.54, 1.807) is 37.4 Å². The van der Waals surface area contributed by atoms with Gasteiger partial charge < -0.3 is 25.0 Å². The molecule has 202 valence electrons. The fraction of sp³-hybridized carbons (Fsp3) is 0.300. The smallest absolute Gasteiger partial charge is 0.255 e. The number of nitrogens with zero attached hydrogens (tertiary/aromatic N) is 3. The molecule has 0 atom stereocenters. The summed E-state index contributed by atoms with van der Waals surface area (Å²) >= 11 is 0. The standard InChI is InChI=1S/C30H32FN5O3/c1-19-5-4-6-21(13-19)30(37)34-22-7-8-25(24(31)14-22)35-29-23-15-27(38-3)28(16-26(23)32-18-33-29)39-17-20-9-11-36(2)12-10-20/h4-8,13-16,18,20H,9-12,17H2,1-3H3,(H,34,37)(H,32,33,35). The van der Waals surface area contributed by atoms with Crippen LogP contribution in [0.15, 0.2) is 60.9 Å². The van der Waals surface area contributed by atoms with Crippen molar-refractivity contribution < 1.29 is 18.7 Å². The Kier molecular flexibility index (Phi) is 7.88. The van der Waals surface area contributed by atoms with Crippen LogP contribution in [0.1, 0.15) is 28.8 Å². The summed E-state index contributed by atoms with van der Waals surface area (Å²) in [5, 5.41) is 6.46. The van der Waals surface area contributed by atoms with E-state index >= 15 is 4.39 Å². The minimum absolute atomic E-state index is 0.213. The van der Waals surface area contributed by atoms with Gasteiger partial charge >= 0.3 is 0 Å². The molecule has 0 saturated carbocycles. The molecule has 0 bridgehead atoms. The SMILES string of the molecule is COc1cc2c(Nc3ccc(NC(=O)c4cccc(C)c4)cc3F)ncnc2cc1OCC1CCN(C)CC1. The first-order chi connectivity index (χ1) is 18.9. The molecule has 4 aromatic rings. The van der Waals surface area contributed by atoms with Crippen molar-refractivity contribution >= 4 is 34.0 Å². The number of amides is 1. The maximum absolute atomic E-state index is 15.1. The van der Waals surface area contributed by atoms with E-state index in [0.29, 0.717) is 52.0 Å². The molecule has 2 N–H and O–H groups in total.